The highest BCUT2D eigenvalue weighted by Gasteiger charge is 2.27. The molecule has 1 atom stereocenters. The van der Waals surface area contributed by atoms with Crippen molar-refractivity contribution in [1.29, 1.82) is 0 Å². The summed E-state index contributed by atoms with van der Waals surface area (Å²) in [7, 11) is 0. The van der Waals surface area contributed by atoms with E-state index in [4.69, 9.17) is 10.8 Å². The molecule has 1 aliphatic rings. The normalized spacial score (nSPS) is 21.1. The van der Waals surface area contributed by atoms with E-state index >= 15 is 0 Å². The molecule has 0 spiro atoms. The van der Waals surface area contributed by atoms with Crippen LogP contribution >= 0.6 is 11.3 Å². The zero-order chi connectivity index (χ0) is 9.42. The molecule has 1 unspecified atom stereocenters. The SMILES string of the molecule is Nc1cc2c(s1)CCCC2C(=O)O. The first-order chi connectivity index (χ1) is 6.18. The van der Waals surface area contributed by atoms with Crippen LogP contribution in [-0.4, -0.2) is 11.1 Å². The number of carbonyl (C=O) groups is 1. The molecule has 0 fully saturated rings. The average molecular weight is 197 g/mol. The monoisotopic (exact) mass is 197 g/mol. The van der Waals surface area contributed by atoms with E-state index in [2.05, 4.69) is 0 Å². The predicted molar refractivity (Wildman–Crippen MR) is 52.0 cm³/mol. The molecule has 1 aromatic rings. The molecular weight excluding hydrogens is 186 g/mol. The van der Waals surface area contributed by atoms with Crippen molar-refractivity contribution in [3.05, 3.63) is 16.5 Å². The molecule has 1 aromatic heterocycles. The van der Waals surface area contributed by atoms with Crippen molar-refractivity contribution in [3.63, 3.8) is 0 Å². The van der Waals surface area contributed by atoms with Crippen LogP contribution in [0.3, 0.4) is 0 Å². The minimum Gasteiger partial charge on any atom is -0.481 e. The Morgan fingerprint density at radius 3 is 3.15 bits per heavy atom. The first-order valence-corrected chi connectivity index (χ1v) is 5.11. The molecule has 0 radical (unpaired) electrons. The summed E-state index contributed by atoms with van der Waals surface area (Å²) in [5, 5.41) is 9.69. The summed E-state index contributed by atoms with van der Waals surface area (Å²) in [6.45, 7) is 0. The Kier molecular flexibility index (Phi) is 2.00. The van der Waals surface area contributed by atoms with E-state index in [-0.39, 0.29) is 5.92 Å². The van der Waals surface area contributed by atoms with Crippen LogP contribution in [0, 0.1) is 0 Å². The summed E-state index contributed by atoms with van der Waals surface area (Å²) in [6.07, 6.45) is 2.70. The third-order valence-electron chi connectivity index (χ3n) is 2.43. The summed E-state index contributed by atoms with van der Waals surface area (Å²) < 4.78 is 0. The molecule has 0 aromatic carbocycles. The maximum atomic E-state index is 10.9. The first-order valence-electron chi connectivity index (χ1n) is 4.29. The average Bonchev–Trinajstić information content (AvgIpc) is 2.43. The van der Waals surface area contributed by atoms with Crippen molar-refractivity contribution in [1.82, 2.24) is 0 Å². The van der Waals surface area contributed by atoms with E-state index < -0.39 is 5.97 Å². The van der Waals surface area contributed by atoms with Crippen LogP contribution in [-0.2, 0) is 11.2 Å². The van der Waals surface area contributed by atoms with Gasteiger partial charge in [-0.15, -0.1) is 11.3 Å². The van der Waals surface area contributed by atoms with Gasteiger partial charge < -0.3 is 10.8 Å². The predicted octanol–water partition coefficient (Wildman–Crippen LogP) is 1.83. The molecule has 2 rings (SSSR count). The summed E-state index contributed by atoms with van der Waals surface area (Å²) >= 11 is 1.53. The number of rotatable bonds is 1. The quantitative estimate of drug-likeness (QED) is 0.722. The number of hydrogen-bond donors (Lipinski definition) is 2. The van der Waals surface area contributed by atoms with Gasteiger partial charge in [-0.1, -0.05) is 0 Å². The topological polar surface area (TPSA) is 63.3 Å². The van der Waals surface area contributed by atoms with Gasteiger partial charge in [-0.25, -0.2) is 0 Å². The molecule has 0 aliphatic heterocycles. The lowest BCUT2D eigenvalue weighted by atomic mass is 9.88. The molecular formula is C9H11NO2S. The molecule has 3 nitrogen and oxygen atoms in total. The van der Waals surface area contributed by atoms with E-state index in [1.165, 1.54) is 11.3 Å². The van der Waals surface area contributed by atoms with Crippen LogP contribution in [0.25, 0.3) is 0 Å². The number of carboxylic acid groups (broad SMARTS) is 1. The van der Waals surface area contributed by atoms with Gasteiger partial charge in [0.25, 0.3) is 0 Å². The molecule has 4 heteroatoms. The molecule has 3 N–H and O–H groups in total. The Morgan fingerprint density at radius 1 is 1.69 bits per heavy atom. The van der Waals surface area contributed by atoms with Crippen LogP contribution in [0.5, 0.6) is 0 Å². The molecule has 1 aliphatic carbocycles. The third-order valence-corrected chi connectivity index (χ3v) is 3.47. The second-order valence-corrected chi connectivity index (χ2v) is 4.48. The van der Waals surface area contributed by atoms with Crippen LogP contribution < -0.4 is 5.73 Å². The number of carboxylic acids is 1. The van der Waals surface area contributed by atoms with Crippen LogP contribution in [0.1, 0.15) is 29.2 Å². The fourth-order valence-corrected chi connectivity index (χ4v) is 2.87. The van der Waals surface area contributed by atoms with Crippen LogP contribution in [0.15, 0.2) is 6.07 Å². The van der Waals surface area contributed by atoms with Gasteiger partial charge >= 0.3 is 5.97 Å². The van der Waals surface area contributed by atoms with Gasteiger partial charge in [0.1, 0.15) is 0 Å². The number of fused-ring (bicyclic) bond motifs is 1. The lowest BCUT2D eigenvalue weighted by Crippen LogP contribution is -2.16. The van der Waals surface area contributed by atoms with Gasteiger partial charge in [-0.2, -0.15) is 0 Å². The number of aryl methyl sites for hydroxylation is 1. The first kappa shape index (κ1) is 8.56. The van der Waals surface area contributed by atoms with E-state index in [1.54, 1.807) is 0 Å². The van der Waals surface area contributed by atoms with Crippen molar-refractivity contribution >= 4 is 22.3 Å². The lowest BCUT2D eigenvalue weighted by molar-refractivity contribution is -0.139. The van der Waals surface area contributed by atoms with Gasteiger partial charge in [0.05, 0.1) is 10.9 Å². The Balaban J connectivity index is 2.41. The second kappa shape index (κ2) is 3.03. The molecule has 13 heavy (non-hydrogen) atoms. The van der Waals surface area contributed by atoms with E-state index in [1.807, 2.05) is 6.07 Å². The largest absolute Gasteiger partial charge is 0.481 e. The summed E-state index contributed by atoms with van der Waals surface area (Å²) in [4.78, 5) is 12.1. The van der Waals surface area contributed by atoms with Crippen molar-refractivity contribution < 1.29 is 9.90 Å². The lowest BCUT2D eigenvalue weighted by Gasteiger charge is -2.17. The molecule has 0 bridgehead atoms. The molecule has 0 amide bonds. The molecule has 0 saturated carbocycles. The van der Waals surface area contributed by atoms with Crippen molar-refractivity contribution in [2.75, 3.05) is 5.73 Å². The minimum atomic E-state index is -0.723. The van der Waals surface area contributed by atoms with Gasteiger partial charge in [0, 0.05) is 4.88 Å². The van der Waals surface area contributed by atoms with E-state index in [9.17, 15) is 4.79 Å². The highest BCUT2D eigenvalue weighted by atomic mass is 32.1. The zero-order valence-electron chi connectivity index (χ0n) is 7.12. The molecule has 0 saturated heterocycles. The number of hydrogen-bond acceptors (Lipinski definition) is 3. The fourth-order valence-electron chi connectivity index (χ4n) is 1.83. The number of nitrogens with two attached hydrogens (primary N) is 1. The Hall–Kier alpha value is -1.03. The number of anilines is 1. The number of nitrogen functional groups attached to an aromatic ring is 1. The van der Waals surface area contributed by atoms with Crippen molar-refractivity contribution in [3.8, 4) is 0 Å². The Morgan fingerprint density at radius 2 is 2.46 bits per heavy atom. The second-order valence-electron chi connectivity index (χ2n) is 3.31. The Labute approximate surface area is 80.2 Å². The summed E-state index contributed by atoms with van der Waals surface area (Å²) in [5.74, 6) is -1.05. The number of thiophene rings is 1. The highest BCUT2D eigenvalue weighted by molar-refractivity contribution is 7.16. The van der Waals surface area contributed by atoms with Crippen LogP contribution in [0.2, 0.25) is 0 Å². The van der Waals surface area contributed by atoms with E-state index in [0.29, 0.717) is 0 Å². The van der Waals surface area contributed by atoms with Crippen molar-refractivity contribution in [2.24, 2.45) is 0 Å². The van der Waals surface area contributed by atoms with Gasteiger partial charge in [-0.3, -0.25) is 4.79 Å². The minimum absolute atomic E-state index is 0.322. The van der Waals surface area contributed by atoms with Crippen molar-refractivity contribution in [2.45, 2.75) is 25.2 Å². The molecule has 70 valence electrons. The van der Waals surface area contributed by atoms with Gasteiger partial charge in [0.2, 0.25) is 0 Å². The standard InChI is InChI=1S/C9H11NO2S/c10-8-4-6-5(9(11)12)2-1-3-7(6)13-8/h4-5H,1-3,10H2,(H,11,12). The zero-order valence-corrected chi connectivity index (χ0v) is 7.93. The van der Waals surface area contributed by atoms with Gasteiger partial charge in [-0.05, 0) is 30.9 Å². The molecule has 1 heterocycles. The van der Waals surface area contributed by atoms with Gasteiger partial charge in [0.15, 0.2) is 0 Å². The maximum absolute atomic E-state index is 10.9. The fraction of sp³-hybridized carbons (Fsp3) is 0.444. The maximum Gasteiger partial charge on any atom is 0.311 e. The Bertz CT molecular complexity index is 345. The third kappa shape index (κ3) is 1.42. The summed E-state index contributed by atoms with van der Waals surface area (Å²) in [6, 6.07) is 1.82. The number of aliphatic carboxylic acids is 1. The van der Waals surface area contributed by atoms with Crippen LogP contribution in [0.4, 0.5) is 5.00 Å². The summed E-state index contributed by atoms with van der Waals surface area (Å²) in [5.41, 5.74) is 6.59. The smallest absolute Gasteiger partial charge is 0.311 e. The van der Waals surface area contributed by atoms with E-state index in [0.717, 1.165) is 34.7 Å². The highest BCUT2D eigenvalue weighted by Crippen LogP contribution is 2.38.